The normalized spacial score (nSPS) is 11.4. The molecule has 0 spiro atoms. The van der Waals surface area contributed by atoms with Gasteiger partial charge in [-0.2, -0.15) is 11.8 Å². The summed E-state index contributed by atoms with van der Waals surface area (Å²) in [7, 11) is 0. The van der Waals surface area contributed by atoms with Crippen LogP contribution in [-0.4, -0.2) is 5.75 Å². The van der Waals surface area contributed by atoms with Crippen molar-refractivity contribution in [3.05, 3.63) is 5.75 Å². The summed E-state index contributed by atoms with van der Waals surface area (Å²) in [6.07, 6.45) is 34.9. The molecule has 0 aromatic rings. The van der Waals surface area contributed by atoms with Gasteiger partial charge in [-0.1, -0.05) is 155 Å². The fourth-order valence-electron chi connectivity index (χ4n) is 4.08. The van der Waals surface area contributed by atoms with Gasteiger partial charge >= 0.3 is 0 Å². The molecule has 0 atom stereocenters. The molecule has 0 bridgehead atoms. The van der Waals surface area contributed by atoms with E-state index in [9.17, 15) is 0 Å². The number of unbranched alkanes of at least 4 members (excludes halogenated alkanes) is 22. The van der Waals surface area contributed by atoms with E-state index in [4.69, 9.17) is 0 Å². The van der Waals surface area contributed by atoms with E-state index < -0.39 is 0 Å². The predicted molar refractivity (Wildman–Crippen MR) is 139 cm³/mol. The minimum Gasteiger partial charge on any atom is -0.157 e. The van der Waals surface area contributed by atoms with Gasteiger partial charge in [0.15, 0.2) is 0 Å². The lowest BCUT2D eigenvalue weighted by atomic mass is 10.0. The van der Waals surface area contributed by atoms with Crippen LogP contribution in [0.5, 0.6) is 0 Å². The molecule has 0 saturated heterocycles. The van der Waals surface area contributed by atoms with Crippen molar-refractivity contribution in [3.63, 3.8) is 0 Å². The van der Waals surface area contributed by atoms with Crippen molar-refractivity contribution in [1.29, 1.82) is 0 Å². The predicted octanol–water partition coefficient (Wildman–Crippen LogP) is 11.3. The zero-order chi connectivity index (χ0) is 21.1. The summed E-state index contributed by atoms with van der Waals surface area (Å²) in [5.74, 6) is 3.82. The van der Waals surface area contributed by atoms with Crippen molar-refractivity contribution in [2.45, 2.75) is 168 Å². The van der Waals surface area contributed by atoms with Gasteiger partial charge in [-0.15, -0.1) is 0 Å². The van der Waals surface area contributed by atoms with Crippen molar-refractivity contribution in [1.82, 2.24) is 0 Å². The van der Waals surface area contributed by atoms with Gasteiger partial charge in [0.25, 0.3) is 0 Å². The second-order valence-electron chi connectivity index (χ2n) is 9.25. The molecule has 0 N–H and O–H groups in total. The van der Waals surface area contributed by atoms with Crippen LogP contribution in [0.15, 0.2) is 0 Å². The van der Waals surface area contributed by atoms with Crippen LogP contribution in [0.2, 0.25) is 0 Å². The monoisotopic (exact) mass is 425 g/mol. The molecule has 0 heterocycles. The molecule has 1 heteroatoms. The maximum Gasteiger partial charge on any atom is 0.0166 e. The summed E-state index contributed by atoms with van der Waals surface area (Å²) in [4.78, 5) is 0. The molecule has 0 fully saturated rings. The van der Waals surface area contributed by atoms with Crippen molar-refractivity contribution < 1.29 is 0 Å². The van der Waals surface area contributed by atoms with E-state index in [-0.39, 0.29) is 0 Å². The van der Waals surface area contributed by atoms with E-state index in [1.54, 1.807) is 0 Å². The highest BCUT2D eigenvalue weighted by Crippen LogP contribution is 2.17. The van der Waals surface area contributed by atoms with Gasteiger partial charge in [0.1, 0.15) is 0 Å². The lowest BCUT2D eigenvalue weighted by molar-refractivity contribution is 0.523. The average molecular weight is 426 g/mol. The molecule has 0 aliphatic rings. The molecule has 0 amide bonds. The molecular weight excluding hydrogens is 368 g/mol. The van der Waals surface area contributed by atoms with Gasteiger partial charge in [-0.3, -0.25) is 0 Å². The van der Waals surface area contributed by atoms with Crippen LogP contribution < -0.4 is 0 Å². The van der Waals surface area contributed by atoms with Crippen molar-refractivity contribution >= 4 is 11.8 Å². The second-order valence-corrected chi connectivity index (χ2v) is 10.3. The fourth-order valence-corrected chi connectivity index (χ4v) is 4.96. The standard InChI is InChI=1S/C28H57S/c1-3-5-7-9-10-11-12-13-14-15-16-17-18-19-20-21-22-23-24-26-28-29-27-25-8-6-4-2/h28H,3-27H2,1-2H3. The molecule has 0 aliphatic heterocycles. The maximum absolute atomic E-state index is 2.47. The molecule has 0 aromatic heterocycles. The largest absolute Gasteiger partial charge is 0.157 e. The van der Waals surface area contributed by atoms with Crippen LogP contribution in [0.25, 0.3) is 0 Å². The first-order valence-corrected chi connectivity index (χ1v) is 14.9. The molecule has 0 aromatic carbocycles. The van der Waals surface area contributed by atoms with Crippen molar-refractivity contribution in [2.75, 3.05) is 5.75 Å². The third kappa shape index (κ3) is 28.4. The molecular formula is C28H57S. The highest BCUT2D eigenvalue weighted by Gasteiger charge is 1.96. The minimum absolute atomic E-state index is 1.33. The summed E-state index contributed by atoms with van der Waals surface area (Å²) in [6.45, 7) is 4.59. The van der Waals surface area contributed by atoms with E-state index in [0.29, 0.717) is 0 Å². The Hall–Kier alpha value is 0.350. The van der Waals surface area contributed by atoms with Crippen LogP contribution in [0.3, 0.4) is 0 Å². The minimum atomic E-state index is 1.33. The third-order valence-corrected chi connectivity index (χ3v) is 7.15. The molecule has 0 nitrogen and oxygen atoms in total. The Labute approximate surface area is 191 Å². The van der Waals surface area contributed by atoms with E-state index >= 15 is 0 Å². The van der Waals surface area contributed by atoms with E-state index in [2.05, 4.69) is 31.4 Å². The Morgan fingerprint density at radius 3 is 1.07 bits per heavy atom. The highest BCUT2D eigenvalue weighted by molar-refractivity contribution is 8.01. The summed E-state index contributed by atoms with van der Waals surface area (Å²) in [6, 6.07) is 0. The zero-order valence-corrected chi connectivity index (χ0v) is 21.5. The number of rotatable bonds is 26. The fraction of sp³-hybridized carbons (Fsp3) is 0.964. The number of thioether (sulfide) groups is 1. The summed E-state index contributed by atoms with van der Waals surface area (Å²) in [5.41, 5.74) is 0. The molecule has 0 rings (SSSR count). The Bertz CT molecular complexity index is 237. The first kappa shape index (κ1) is 29.4. The Balaban J connectivity index is 2.97. The first-order chi connectivity index (χ1) is 14.4. The topological polar surface area (TPSA) is 0 Å². The zero-order valence-electron chi connectivity index (χ0n) is 20.7. The highest BCUT2D eigenvalue weighted by atomic mass is 32.2. The van der Waals surface area contributed by atoms with E-state index in [1.165, 1.54) is 160 Å². The van der Waals surface area contributed by atoms with Crippen molar-refractivity contribution in [2.24, 2.45) is 0 Å². The average Bonchev–Trinajstić information content (AvgIpc) is 2.74. The summed E-state index contributed by atoms with van der Waals surface area (Å²) in [5, 5.41) is 0. The van der Waals surface area contributed by atoms with Crippen molar-refractivity contribution in [3.8, 4) is 0 Å². The Kier molecular flexibility index (Phi) is 28.7. The molecule has 1 radical (unpaired) electrons. The van der Waals surface area contributed by atoms with Crippen LogP contribution in [0, 0.1) is 5.75 Å². The Morgan fingerprint density at radius 1 is 0.379 bits per heavy atom. The number of hydrogen-bond acceptors (Lipinski definition) is 1. The Morgan fingerprint density at radius 2 is 0.690 bits per heavy atom. The van der Waals surface area contributed by atoms with Crippen LogP contribution in [0.4, 0.5) is 0 Å². The maximum atomic E-state index is 2.47. The second kappa shape index (κ2) is 28.4. The van der Waals surface area contributed by atoms with Crippen LogP contribution in [0.1, 0.15) is 168 Å². The van der Waals surface area contributed by atoms with E-state index in [1.807, 2.05) is 0 Å². The third-order valence-electron chi connectivity index (χ3n) is 6.16. The molecule has 175 valence electrons. The quantitative estimate of drug-likeness (QED) is 0.124. The lowest BCUT2D eigenvalue weighted by Gasteiger charge is -2.04. The first-order valence-electron chi connectivity index (χ1n) is 13.8. The SMILES string of the molecule is CCCCCCCCCCCCCCCCCCCCC[CH]SCCCCCC. The number of hydrogen-bond donors (Lipinski definition) is 0. The summed E-state index contributed by atoms with van der Waals surface area (Å²) < 4.78 is 0. The van der Waals surface area contributed by atoms with Gasteiger partial charge in [0.05, 0.1) is 0 Å². The van der Waals surface area contributed by atoms with Gasteiger partial charge in [0.2, 0.25) is 0 Å². The smallest absolute Gasteiger partial charge is 0.0166 e. The van der Waals surface area contributed by atoms with Gasteiger partial charge < -0.3 is 0 Å². The molecule has 0 unspecified atom stereocenters. The van der Waals surface area contributed by atoms with Gasteiger partial charge in [-0.05, 0) is 18.6 Å². The van der Waals surface area contributed by atoms with Crippen LogP contribution in [-0.2, 0) is 0 Å². The van der Waals surface area contributed by atoms with Gasteiger partial charge in [-0.25, -0.2) is 0 Å². The molecule has 0 aliphatic carbocycles. The molecule has 0 saturated carbocycles. The summed E-state index contributed by atoms with van der Waals surface area (Å²) >= 11 is 2.07. The lowest BCUT2D eigenvalue weighted by Crippen LogP contribution is -1.84. The van der Waals surface area contributed by atoms with Gasteiger partial charge in [0, 0.05) is 5.75 Å². The molecule has 29 heavy (non-hydrogen) atoms. The van der Waals surface area contributed by atoms with Crippen LogP contribution >= 0.6 is 11.8 Å². The van der Waals surface area contributed by atoms with E-state index in [0.717, 1.165) is 0 Å².